The lowest BCUT2D eigenvalue weighted by Crippen LogP contribution is -2.24. The van der Waals surface area contributed by atoms with E-state index in [9.17, 15) is 4.79 Å². The third-order valence-corrected chi connectivity index (χ3v) is 2.43. The van der Waals surface area contributed by atoms with Crippen molar-refractivity contribution in [2.45, 2.75) is 53.1 Å². The van der Waals surface area contributed by atoms with Crippen LogP contribution in [-0.2, 0) is 4.79 Å². The molecule has 0 saturated carbocycles. The third kappa shape index (κ3) is 5.04. The second kappa shape index (κ2) is 6.14. The van der Waals surface area contributed by atoms with Crippen LogP contribution in [0.5, 0.6) is 0 Å². The zero-order valence-corrected chi connectivity index (χ0v) is 9.21. The fraction of sp³-hybridized carbons (Fsp3) is 0.909. The lowest BCUT2D eigenvalue weighted by molar-refractivity contribution is -0.130. The Bertz CT molecular complexity index is 152. The fourth-order valence-electron chi connectivity index (χ4n) is 1.74. The van der Waals surface area contributed by atoms with Gasteiger partial charge < -0.3 is 5.11 Å². The molecule has 0 heterocycles. The van der Waals surface area contributed by atoms with Crippen LogP contribution in [0.3, 0.4) is 0 Å². The third-order valence-electron chi connectivity index (χ3n) is 2.43. The van der Waals surface area contributed by atoms with Gasteiger partial charge in [-0.25, -0.2) is 0 Å². The number of ketones is 1. The van der Waals surface area contributed by atoms with Gasteiger partial charge in [0.1, 0.15) is 6.10 Å². The predicted molar refractivity (Wildman–Crippen MR) is 54.5 cm³/mol. The number of Topliss-reactive ketones (excluding diaryl/α,β-unsaturated/α-hetero) is 1. The first-order valence-electron chi connectivity index (χ1n) is 5.20. The molecule has 2 heteroatoms. The van der Waals surface area contributed by atoms with Gasteiger partial charge in [-0.1, -0.05) is 33.6 Å². The van der Waals surface area contributed by atoms with Gasteiger partial charge in [0.25, 0.3) is 0 Å². The second-order valence-electron chi connectivity index (χ2n) is 4.11. The molecular weight excluding hydrogens is 164 g/mol. The Morgan fingerprint density at radius 1 is 1.31 bits per heavy atom. The van der Waals surface area contributed by atoms with Crippen molar-refractivity contribution in [3.63, 3.8) is 0 Å². The van der Waals surface area contributed by atoms with Crippen molar-refractivity contribution in [2.75, 3.05) is 0 Å². The summed E-state index contributed by atoms with van der Waals surface area (Å²) in [6.07, 6.45) is 2.43. The van der Waals surface area contributed by atoms with Crippen molar-refractivity contribution in [2.24, 2.45) is 11.8 Å². The molecule has 0 rings (SSSR count). The zero-order valence-electron chi connectivity index (χ0n) is 9.21. The average molecular weight is 186 g/mol. The molecule has 13 heavy (non-hydrogen) atoms. The minimum absolute atomic E-state index is 0.00144. The number of hydrogen-bond donors (Lipinski definition) is 1. The Labute approximate surface area is 81.3 Å². The molecule has 0 aliphatic heterocycles. The van der Waals surface area contributed by atoms with Gasteiger partial charge in [0.05, 0.1) is 0 Å². The summed E-state index contributed by atoms with van der Waals surface area (Å²) >= 11 is 0. The van der Waals surface area contributed by atoms with Gasteiger partial charge in [0.2, 0.25) is 0 Å². The Morgan fingerprint density at radius 3 is 2.23 bits per heavy atom. The van der Waals surface area contributed by atoms with Crippen LogP contribution >= 0.6 is 0 Å². The lowest BCUT2D eigenvalue weighted by Gasteiger charge is -2.16. The van der Waals surface area contributed by atoms with Crippen molar-refractivity contribution in [3.05, 3.63) is 0 Å². The summed E-state index contributed by atoms with van der Waals surface area (Å²) in [4.78, 5) is 11.3. The number of carbonyl (C=O) groups is 1. The molecule has 0 spiro atoms. The van der Waals surface area contributed by atoms with Gasteiger partial charge in [0, 0.05) is 5.92 Å². The van der Waals surface area contributed by atoms with Crippen LogP contribution in [0, 0.1) is 11.8 Å². The molecule has 0 aliphatic rings. The largest absolute Gasteiger partial charge is 0.386 e. The summed E-state index contributed by atoms with van der Waals surface area (Å²) in [7, 11) is 0. The maximum Gasteiger partial charge on any atom is 0.163 e. The number of hydrogen-bond acceptors (Lipinski definition) is 2. The maximum atomic E-state index is 11.3. The molecule has 3 atom stereocenters. The van der Waals surface area contributed by atoms with Gasteiger partial charge >= 0.3 is 0 Å². The molecular formula is C11H22O2. The maximum absolute atomic E-state index is 11.3. The first kappa shape index (κ1) is 12.6. The highest BCUT2D eigenvalue weighted by atomic mass is 16.3. The Morgan fingerprint density at radius 2 is 1.85 bits per heavy atom. The van der Waals surface area contributed by atoms with E-state index in [4.69, 9.17) is 5.11 Å². The Hall–Kier alpha value is -0.370. The highest BCUT2D eigenvalue weighted by Crippen LogP contribution is 2.18. The molecule has 0 aromatic rings. The molecule has 0 radical (unpaired) electrons. The van der Waals surface area contributed by atoms with Crippen LogP contribution < -0.4 is 0 Å². The number of carbonyl (C=O) groups excluding carboxylic acids is 1. The minimum atomic E-state index is -0.802. The van der Waals surface area contributed by atoms with Gasteiger partial charge in [-0.2, -0.15) is 0 Å². The van der Waals surface area contributed by atoms with Gasteiger partial charge in [0.15, 0.2) is 5.78 Å². The highest BCUT2D eigenvalue weighted by Gasteiger charge is 2.19. The van der Waals surface area contributed by atoms with Crippen LogP contribution in [-0.4, -0.2) is 17.0 Å². The molecule has 78 valence electrons. The summed E-state index contributed by atoms with van der Waals surface area (Å²) in [6.45, 7) is 7.76. The van der Waals surface area contributed by atoms with Crippen LogP contribution in [0.2, 0.25) is 0 Å². The summed E-state index contributed by atoms with van der Waals surface area (Å²) in [5.74, 6) is 0.562. The van der Waals surface area contributed by atoms with Crippen molar-refractivity contribution >= 4 is 5.78 Å². The highest BCUT2D eigenvalue weighted by molar-refractivity contribution is 5.84. The van der Waals surface area contributed by atoms with E-state index < -0.39 is 6.10 Å². The van der Waals surface area contributed by atoms with E-state index in [0.717, 1.165) is 19.3 Å². The molecule has 1 N–H and O–H groups in total. The molecule has 0 saturated heterocycles. The van der Waals surface area contributed by atoms with Crippen molar-refractivity contribution in [3.8, 4) is 0 Å². The van der Waals surface area contributed by atoms with Crippen LogP contribution in [0.4, 0.5) is 0 Å². The number of rotatable bonds is 6. The van der Waals surface area contributed by atoms with E-state index in [1.807, 2.05) is 6.92 Å². The van der Waals surface area contributed by atoms with E-state index >= 15 is 0 Å². The van der Waals surface area contributed by atoms with E-state index in [1.54, 1.807) is 6.92 Å². The predicted octanol–water partition coefficient (Wildman–Crippen LogP) is 2.40. The molecule has 0 aromatic carbocycles. The topological polar surface area (TPSA) is 37.3 Å². The second-order valence-corrected chi connectivity index (χ2v) is 4.11. The first-order valence-corrected chi connectivity index (χ1v) is 5.20. The first-order chi connectivity index (χ1) is 5.99. The number of aliphatic hydroxyl groups excluding tert-OH is 1. The van der Waals surface area contributed by atoms with Gasteiger partial charge in [-0.3, -0.25) is 4.79 Å². The van der Waals surface area contributed by atoms with E-state index in [-0.39, 0.29) is 11.7 Å². The molecule has 0 aliphatic carbocycles. The Kier molecular flexibility index (Phi) is 5.97. The van der Waals surface area contributed by atoms with E-state index in [1.165, 1.54) is 0 Å². The molecule has 3 unspecified atom stereocenters. The fourth-order valence-corrected chi connectivity index (χ4v) is 1.74. The lowest BCUT2D eigenvalue weighted by atomic mass is 9.90. The summed E-state index contributed by atoms with van der Waals surface area (Å²) in [6, 6.07) is 0. The van der Waals surface area contributed by atoms with Crippen LogP contribution in [0.25, 0.3) is 0 Å². The SMILES string of the molecule is CCCC(C)CC(C)C(=O)C(C)O. The quantitative estimate of drug-likeness (QED) is 0.691. The van der Waals surface area contributed by atoms with Crippen LogP contribution in [0.1, 0.15) is 47.0 Å². The molecule has 2 nitrogen and oxygen atoms in total. The molecule has 0 amide bonds. The Balaban J connectivity index is 3.85. The summed E-state index contributed by atoms with van der Waals surface area (Å²) in [5, 5.41) is 9.08. The molecule has 0 bridgehead atoms. The standard InChI is InChI=1S/C11H22O2/c1-5-6-8(2)7-9(3)11(13)10(4)12/h8-10,12H,5-7H2,1-4H3. The average Bonchev–Trinajstić information content (AvgIpc) is 2.03. The van der Waals surface area contributed by atoms with Crippen molar-refractivity contribution in [1.82, 2.24) is 0 Å². The normalized spacial score (nSPS) is 17.9. The van der Waals surface area contributed by atoms with Crippen molar-refractivity contribution < 1.29 is 9.90 Å². The van der Waals surface area contributed by atoms with Gasteiger partial charge in [-0.15, -0.1) is 0 Å². The van der Waals surface area contributed by atoms with Gasteiger partial charge in [-0.05, 0) is 19.3 Å². The summed E-state index contributed by atoms with van der Waals surface area (Å²) < 4.78 is 0. The molecule has 0 fully saturated rings. The van der Waals surface area contributed by atoms with Crippen LogP contribution in [0.15, 0.2) is 0 Å². The molecule has 0 aromatic heterocycles. The smallest absolute Gasteiger partial charge is 0.163 e. The number of aliphatic hydroxyl groups is 1. The zero-order chi connectivity index (χ0) is 10.4. The minimum Gasteiger partial charge on any atom is -0.386 e. The summed E-state index contributed by atoms with van der Waals surface area (Å²) in [5.41, 5.74) is 0. The van der Waals surface area contributed by atoms with E-state index in [2.05, 4.69) is 13.8 Å². The van der Waals surface area contributed by atoms with Crippen molar-refractivity contribution in [1.29, 1.82) is 0 Å². The van der Waals surface area contributed by atoms with E-state index in [0.29, 0.717) is 5.92 Å². The monoisotopic (exact) mass is 186 g/mol.